The zero-order valence-electron chi connectivity index (χ0n) is 11.6. The van der Waals surface area contributed by atoms with Gasteiger partial charge in [-0.2, -0.15) is 0 Å². The van der Waals surface area contributed by atoms with Crippen molar-refractivity contribution in [2.45, 2.75) is 38.5 Å². The quantitative estimate of drug-likeness (QED) is 0.913. The Bertz CT molecular complexity index is 640. The third-order valence-electron chi connectivity index (χ3n) is 4.01. The molecule has 1 aromatic heterocycles. The zero-order chi connectivity index (χ0) is 14.1. The molecular formula is C16H18BrN3. The van der Waals surface area contributed by atoms with Crippen molar-refractivity contribution in [3.63, 3.8) is 0 Å². The Hall–Kier alpha value is -1.42. The number of benzene rings is 1. The fourth-order valence-electron chi connectivity index (χ4n) is 2.87. The van der Waals surface area contributed by atoms with Crippen molar-refractivity contribution in [3.8, 4) is 0 Å². The Morgan fingerprint density at radius 2 is 2.00 bits per heavy atom. The molecule has 20 heavy (non-hydrogen) atoms. The summed E-state index contributed by atoms with van der Waals surface area (Å²) in [4.78, 5) is 9.21. The standard InChI is InChI=1S/C16H18BrN3/c1-2-13-14(17)15(18)20-16(19-13)12-8-7-10-5-3-4-6-11(10)9-12/h3-6,12H,2,7-9H2,1H3,(H2,18,19,20). The van der Waals surface area contributed by atoms with Gasteiger partial charge in [-0.3, -0.25) is 0 Å². The van der Waals surface area contributed by atoms with Crippen LogP contribution in [0.1, 0.15) is 41.9 Å². The molecule has 0 spiro atoms. The van der Waals surface area contributed by atoms with Crippen LogP contribution in [0.4, 0.5) is 5.82 Å². The van der Waals surface area contributed by atoms with E-state index in [-0.39, 0.29) is 0 Å². The topological polar surface area (TPSA) is 51.8 Å². The average molecular weight is 332 g/mol. The van der Waals surface area contributed by atoms with Crippen LogP contribution in [-0.4, -0.2) is 9.97 Å². The van der Waals surface area contributed by atoms with E-state index < -0.39 is 0 Å². The summed E-state index contributed by atoms with van der Waals surface area (Å²) in [6.45, 7) is 2.09. The van der Waals surface area contributed by atoms with Crippen LogP contribution in [0, 0.1) is 0 Å². The summed E-state index contributed by atoms with van der Waals surface area (Å²) < 4.78 is 0.847. The Labute approximate surface area is 127 Å². The second-order valence-electron chi connectivity index (χ2n) is 5.29. The maximum Gasteiger partial charge on any atom is 0.141 e. The van der Waals surface area contributed by atoms with Crippen molar-refractivity contribution in [1.82, 2.24) is 9.97 Å². The van der Waals surface area contributed by atoms with Crippen LogP contribution >= 0.6 is 15.9 Å². The zero-order valence-corrected chi connectivity index (χ0v) is 13.2. The highest BCUT2D eigenvalue weighted by Gasteiger charge is 2.23. The molecule has 0 fully saturated rings. The predicted molar refractivity (Wildman–Crippen MR) is 84.7 cm³/mol. The maximum absolute atomic E-state index is 6.00. The maximum atomic E-state index is 6.00. The first-order chi connectivity index (χ1) is 9.69. The molecule has 0 radical (unpaired) electrons. The van der Waals surface area contributed by atoms with Gasteiger partial charge < -0.3 is 5.73 Å². The van der Waals surface area contributed by atoms with Crippen molar-refractivity contribution >= 4 is 21.7 Å². The number of fused-ring (bicyclic) bond motifs is 1. The lowest BCUT2D eigenvalue weighted by Crippen LogP contribution is -2.17. The van der Waals surface area contributed by atoms with Gasteiger partial charge in [-0.05, 0) is 52.7 Å². The highest BCUT2D eigenvalue weighted by Crippen LogP contribution is 2.32. The van der Waals surface area contributed by atoms with E-state index in [9.17, 15) is 0 Å². The van der Waals surface area contributed by atoms with Gasteiger partial charge in [0.1, 0.15) is 11.6 Å². The van der Waals surface area contributed by atoms with E-state index in [1.807, 2.05) is 0 Å². The van der Waals surface area contributed by atoms with Crippen molar-refractivity contribution in [2.75, 3.05) is 5.73 Å². The van der Waals surface area contributed by atoms with Crippen molar-refractivity contribution in [1.29, 1.82) is 0 Å². The van der Waals surface area contributed by atoms with Gasteiger partial charge >= 0.3 is 0 Å². The third-order valence-corrected chi connectivity index (χ3v) is 4.87. The molecular weight excluding hydrogens is 314 g/mol. The van der Waals surface area contributed by atoms with Crippen LogP contribution in [0.3, 0.4) is 0 Å². The molecule has 2 N–H and O–H groups in total. The van der Waals surface area contributed by atoms with E-state index in [1.54, 1.807) is 0 Å². The van der Waals surface area contributed by atoms with E-state index >= 15 is 0 Å². The number of rotatable bonds is 2. The lowest BCUT2D eigenvalue weighted by atomic mass is 9.83. The fraction of sp³-hybridized carbons (Fsp3) is 0.375. The number of anilines is 1. The minimum Gasteiger partial charge on any atom is -0.383 e. The Balaban J connectivity index is 1.93. The first-order valence-electron chi connectivity index (χ1n) is 7.07. The average Bonchev–Trinajstić information content (AvgIpc) is 2.49. The van der Waals surface area contributed by atoms with Crippen LogP contribution in [0.15, 0.2) is 28.7 Å². The largest absolute Gasteiger partial charge is 0.383 e. The predicted octanol–water partition coefficient (Wildman–Crippen LogP) is 3.66. The first kappa shape index (κ1) is 13.6. The summed E-state index contributed by atoms with van der Waals surface area (Å²) in [6, 6.07) is 8.65. The summed E-state index contributed by atoms with van der Waals surface area (Å²) in [6.07, 6.45) is 4.08. The SMILES string of the molecule is CCc1nc(C2CCc3ccccc3C2)nc(N)c1Br. The summed E-state index contributed by atoms with van der Waals surface area (Å²) in [5.74, 6) is 1.84. The molecule has 0 saturated heterocycles. The van der Waals surface area contributed by atoms with Crippen molar-refractivity contribution in [2.24, 2.45) is 0 Å². The van der Waals surface area contributed by atoms with E-state index in [1.165, 1.54) is 11.1 Å². The lowest BCUT2D eigenvalue weighted by molar-refractivity contribution is 0.552. The number of aromatic nitrogens is 2. The molecule has 1 atom stereocenters. The number of halogens is 1. The van der Waals surface area contributed by atoms with Gasteiger partial charge in [0.2, 0.25) is 0 Å². The van der Waals surface area contributed by atoms with Gasteiger partial charge in [0.25, 0.3) is 0 Å². The van der Waals surface area contributed by atoms with Gasteiger partial charge in [0.15, 0.2) is 0 Å². The van der Waals surface area contributed by atoms with Gasteiger partial charge in [-0.25, -0.2) is 9.97 Å². The molecule has 1 aliphatic carbocycles. The van der Waals surface area contributed by atoms with E-state index in [2.05, 4.69) is 52.1 Å². The smallest absolute Gasteiger partial charge is 0.141 e. The normalized spacial score (nSPS) is 17.8. The fourth-order valence-corrected chi connectivity index (χ4v) is 3.33. The van der Waals surface area contributed by atoms with Crippen LogP contribution in [0.2, 0.25) is 0 Å². The van der Waals surface area contributed by atoms with E-state index in [0.717, 1.165) is 41.7 Å². The third kappa shape index (κ3) is 2.44. The van der Waals surface area contributed by atoms with Gasteiger partial charge in [0, 0.05) is 5.92 Å². The lowest BCUT2D eigenvalue weighted by Gasteiger charge is -2.24. The molecule has 0 saturated carbocycles. The van der Waals surface area contributed by atoms with Crippen LogP contribution in [0.5, 0.6) is 0 Å². The van der Waals surface area contributed by atoms with Gasteiger partial charge in [-0.15, -0.1) is 0 Å². The highest BCUT2D eigenvalue weighted by atomic mass is 79.9. The van der Waals surface area contributed by atoms with Crippen LogP contribution < -0.4 is 5.73 Å². The van der Waals surface area contributed by atoms with E-state index in [0.29, 0.717) is 11.7 Å². The van der Waals surface area contributed by atoms with Crippen molar-refractivity contribution in [3.05, 3.63) is 51.4 Å². The number of nitrogens with zero attached hydrogens (tertiary/aromatic N) is 2. The molecule has 104 valence electrons. The Morgan fingerprint density at radius 3 is 2.75 bits per heavy atom. The molecule has 1 unspecified atom stereocenters. The second-order valence-corrected chi connectivity index (χ2v) is 6.08. The van der Waals surface area contributed by atoms with Gasteiger partial charge in [-0.1, -0.05) is 31.2 Å². The number of nitrogen functional groups attached to an aromatic ring is 1. The second kappa shape index (κ2) is 5.52. The molecule has 2 aromatic rings. The number of hydrogen-bond donors (Lipinski definition) is 1. The summed E-state index contributed by atoms with van der Waals surface area (Å²) in [5.41, 5.74) is 9.89. The molecule has 1 aromatic carbocycles. The van der Waals surface area contributed by atoms with E-state index in [4.69, 9.17) is 10.7 Å². The van der Waals surface area contributed by atoms with Crippen LogP contribution in [-0.2, 0) is 19.3 Å². The molecule has 0 aliphatic heterocycles. The summed E-state index contributed by atoms with van der Waals surface area (Å²) in [5, 5.41) is 0. The number of hydrogen-bond acceptors (Lipinski definition) is 3. The molecule has 3 rings (SSSR count). The monoisotopic (exact) mass is 331 g/mol. The molecule has 1 aliphatic rings. The molecule has 0 bridgehead atoms. The molecule has 3 nitrogen and oxygen atoms in total. The minimum atomic E-state index is 0.380. The number of aryl methyl sites for hydroxylation is 2. The molecule has 1 heterocycles. The highest BCUT2D eigenvalue weighted by molar-refractivity contribution is 9.10. The number of nitrogens with two attached hydrogens (primary N) is 1. The Kier molecular flexibility index (Phi) is 3.74. The first-order valence-corrected chi connectivity index (χ1v) is 7.87. The van der Waals surface area contributed by atoms with Gasteiger partial charge in [0.05, 0.1) is 10.2 Å². The minimum absolute atomic E-state index is 0.380. The van der Waals surface area contributed by atoms with Crippen molar-refractivity contribution < 1.29 is 0 Å². The van der Waals surface area contributed by atoms with Crippen LogP contribution in [0.25, 0.3) is 0 Å². The Morgan fingerprint density at radius 1 is 1.25 bits per heavy atom. The summed E-state index contributed by atoms with van der Waals surface area (Å²) in [7, 11) is 0. The summed E-state index contributed by atoms with van der Waals surface area (Å²) >= 11 is 3.47. The molecule has 0 amide bonds. The molecule has 4 heteroatoms.